The van der Waals surface area contributed by atoms with E-state index in [2.05, 4.69) is 10.2 Å². The molecule has 0 bridgehead atoms. The summed E-state index contributed by atoms with van der Waals surface area (Å²) >= 11 is 0. The Kier molecular flexibility index (Phi) is 2.52. The Labute approximate surface area is 93.9 Å². The lowest BCUT2D eigenvalue weighted by Crippen LogP contribution is -2.08. The van der Waals surface area contributed by atoms with Gasteiger partial charge in [0.25, 0.3) is 5.89 Å². The van der Waals surface area contributed by atoms with E-state index in [1.807, 2.05) is 39.2 Å². The monoisotopic (exact) mass is 218 g/mol. The molecule has 0 spiro atoms. The van der Waals surface area contributed by atoms with Crippen LogP contribution in [0.2, 0.25) is 0 Å². The molecule has 84 valence electrons. The quantitative estimate of drug-likeness (QED) is 0.777. The van der Waals surface area contributed by atoms with Gasteiger partial charge >= 0.3 is 6.01 Å². The molecule has 1 aromatic heterocycles. The molecular formula is C11H14N4O. The summed E-state index contributed by atoms with van der Waals surface area (Å²) in [6.07, 6.45) is 0. The van der Waals surface area contributed by atoms with Crippen LogP contribution in [0.1, 0.15) is 5.56 Å². The third kappa shape index (κ3) is 1.84. The molecule has 0 radical (unpaired) electrons. The molecule has 0 aliphatic carbocycles. The fourth-order valence-corrected chi connectivity index (χ4v) is 1.36. The first kappa shape index (κ1) is 10.5. The minimum absolute atomic E-state index is 0.449. The van der Waals surface area contributed by atoms with Crippen molar-refractivity contribution in [3.63, 3.8) is 0 Å². The number of nitrogen functional groups attached to an aromatic ring is 1. The van der Waals surface area contributed by atoms with Gasteiger partial charge in [0.15, 0.2) is 0 Å². The van der Waals surface area contributed by atoms with Crippen molar-refractivity contribution in [2.45, 2.75) is 6.92 Å². The van der Waals surface area contributed by atoms with Crippen molar-refractivity contribution in [2.24, 2.45) is 0 Å². The van der Waals surface area contributed by atoms with E-state index in [1.165, 1.54) is 0 Å². The molecule has 0 aliphatic heterocycles. The number of hydrogen-bond acceptors (Lipinski definition) is 5. The first-order chi connectivity index (χ1) is 7.58. The Morgan fingerprint density at radius 3 is 2.62 bits per heavy atom. The lowest BCUT2D eigenvalue weighted by molar-refractivity contribution is 0.566. The van der Waals surface area contributed by atoms with Gasteiger partial charge in [-0.15, -0.1) is 5.10 Å². The number of rotatable bonds is 2. The molecule has 2 rings (SSSR count). The summed E-state index contributed by atoms with van der Waals surface area (Å²) in [7, 11) is 3.69. The van der Waals surface area contributed by atoms with Gasteiger partial charge in [-0.05, 0) is 19.1 Å². The van der Waals surface area contributed by atoms with Gasteiger partial charge in [0.05, 0.1) is 5.56 Å². The van der Waals surface area contributed by atoms with Gasteiger partial charge in [-0.25, -0.2) is 0 Å². The van der Waals surface area contributed by atoms with Crippen LogP contribution in [0.25, 0.3) is 11.5 Å². The molecular weight excluding hydrogens is 204 g/mol. The maximum atomic E-state index is 5.87. The minimum Gasteiger partial charge on any atom is -0.403 e. The predicted molar refractivity (Wildman–Crippen MR) is 63.2 cm³/mol. The average Bonchev–Trinajstić information content (AvgIpc) is 2.70. The van der Waals surface area contributed by atoms with Crippen LogP contribution < -0.4 is 10.6 Å². The van der Waals surface area contributed by atoms with E-state index in [9.17, 15) is 0 Å². The van der Waals surface area contributed by atoms with Crippen LogP contribution in [0.5, 0.6) is 0 Å². The van der Waals surface area contributed by atoms with E-state index in [-0.39, 0.29) is 0 Å². The van der Waals surface area contributed by atoms with Crippen molar-refractivity contribution >= 4 is 11.7 Å². The fraction of sp³-hybridized carbons (Fsp3) is 0.273. The first-order valence-electron chi connectivity index (χ1n) is 4.95. The second kappa shape index (κ2) is 3.84. The molecule has 0 amide bonds. The second-order valence-corrected chi connectivity index (χ2v) is 3.87. The number of aryl methyl sites for hydroxylation is 1. The molecule has 0 saturated carbocycles. The van der Waals surface area contributed by atoms with Crippen molar-refractivity contribution < 1.29 is 4.42 Å². The van der Waals surface area contributed by atoms with Crippen molar-refractivity contribution in [1.82, 2.24) is 10.2 Å². The predicted octanol–water partition coefficient (Wildman–Crippen LogP) is 1.69. The summed E-state index contributed by atoms with van der Waals surface area (Å²) in [5.41, 5.74) is 8.39. The van der Waals surface area contributed by atoms with Crippen LogP contribution >= 0.6 is 0 Å². The summed E-state index contributed by atoms with van der Waals surface area (Å²) in [5, 5.41) is 7.89. The maximum absolute atomic E-state index is 5.87. The highest BCUT2D eigenvalue weighted by Gasteiger charge is 2.12. The van der Waals surface area contributed by atoms with E-state index in [0.717, 1.165) is 11.1 Å². The Bertz CT molecular complexity index is 504. The van der Waals surface area contributed by atoms with Gasteiger partial charge in [0.1, 0.15) is 0 Å². The zero-order valence-electron chi connectivity index (χ0n) is 9.56. The van der Waals surface area contributed by atoms with Crippen molar-refractivity contribution in [3.8, 4) is 11.5 Å². The highest BCUT2D eigenvalue weighted by atomic mass is 16.4. The van der Waals surface area contributed by atoms with Crippen LogP contribution in [0.3, 0.4) is 0 Å². The van der Waals surface area contributed by atoms with Crippen LogP contribution in [0.4, 0.5) is 11.7 Å². The van der Waals surface area contributed by atoms with Gasteiger partial charge < -0.3 is 15.1 Å². The molecule has 0 aliphatic rings. The minimum atomic E-state index is 0.449. The van der Waals surface area contributed by atoms with Crippen LogP contribution in [0, 0.1) is 6.92 Å². The number of hydrogen-bond donors (Lipinski definition) is 1. The molecule has 1 aromatic carbocycles. The molecule has 5 nitrogen and oxygen atoms in total. The Morgan fingerprint density at radius 2 is 2.00 bits per heavy atom. The van der Waals surface area contributed by atoms with E-state index < -0.39 is 0 Å². The smallest absolute Gasteiger partial charge is 0.317 e. The number of anilines is 2. The summed E-state index contributed by atoms with van der Waals surface area (Å²) in [6.45, 7) is 1.99. The van der Waals surface area contributed by atoms with E-state index >= 15 is 0 Å². The number of benzene rings is 1. The zero-order chi connectivity index (χ0) is 11.7. The second-order valence-electron chi connectivity index (χ2n) is 3.87. The molecule has 1 heterocycles. The number of nitrogens with two attached hydrogens (primary N) is 1. The Balaban J connectivity index is 2.46. The van der Waals surface area contributed by atoms with Crippen LogP contribution in [-0.4, -0.2) is 24.3 Å². The van der Waals surface area contributed by atoms with Gasteiger partial charge in [0, 0.05) is 19.8 Å². The first-order valence-corrected chi connectivity index (χ1v) is 4.95. The SMILES string of the molecule is Cc1ccc(N)c(-c2nnc(N(C)C)o2)c1. The van der Waals surface area contributed by atoms with Crippen LogP contribution in [-0.2, 0) is 0 Å². The summed E-state index contributed by atoms with van der Waals surface area (Å²) in [6, 6.07) is 6.19. The largest absolute Gasteiger partial charge is 0.403 e. The molecule has 16 heavy (non-hydrogen) atoms. The van der Waals surface area contributed by atoms with Gasteiger partial charge in [-0.2, -0.15) is 0 Å². The third-order valence-electron chi connectivity index (χ3n) is 2.24. The molecule has 2 aromatic rings. The molecule has 0 atom stereocenters. The topological polar surface area (TPSA) is 68.2 Å². The van der Waals surface area contributed by atoms with Crippen molar-refractivity contribution in [2.75, 3.05) is 24.7 Å². The molecule has 5 heteroatoms. The Hall–Kier alpha value is -2.04. The Morgan fingerprint density at radius 1 is 1.25 bits per heavy atom. The van der Waals surface area contributed by atoms with Crippen molar-refractivity contribution in [1.29, 1.82) is 0 Å². The van der Waals surface area contributed by atoms with E-state index in [1.54, 1.807) is 4.90 Å². The maximum Gasteiger partial charge on any atom is 0.317 e. The van der Waals surface area contributed by atoms with Gasteiger partial charge in [0.2, 0.25) is 0 Å². The highest BCUT2D eigenvalue weighted by Crippen LogP contribution is 2.27. The molecule has 0 unspecified atom stereocenters. The zero-order valence-corrected chi connectivity index (χ0v) is 9.56. The van der Waals surface area contributed by atoms with Gasteiger partial charge in [-0.1, -0.05) is 16.7 Å². The van der Waals surface area contributed by atoms with E-state index in [0.29, 0.717) is 17.6 Å². The normalized spacial score (nSPS) is 10.4. The lowest BCUT2D eigenvalue weighted by atomic mass is 10.1. The van der Waals surface area contributed by atoms with Crippen molar-refractivity contribution in [3.05, 3.63) is 23.8 Å². The third-order valence-corrected chi connectivity index (χ3v) is 2.24. The van der Waals surface area contributed by atoms with Crippen LogP contribution in [0.15, 0.2) is 22.6 Å². The standard InChI is InChI=1S/C11H14N4O/c1-7-4-5-9(12)8(6-7)10-13-14-11(16-10)15(2)3/h4-6H,12H2,1-3H3. The molecule has 2 N–H and O–H groups in total. The summed E-state index contributed by atoms with van der Waals surface area (Å²) in [4.78, 5) is 1.75. The summed E-state index contributed by atoms with van der Waals surface area (Å²) < 4.78 is 5.49. The van der Waals surface area contributed by atoms with Gasteiger partial charge in [-0.3, -0.25) is 0 Å². The molecule has 0 fully saturated rings. The summed E-state index contributed by atoms with van der Waals surface area (Å²) in [5.74, 6) is 0.449. The van der Waals surface area contributed by atoms with E-state index in [4.69, 9.17) is 10.2 Å². The number of aromatic nitrogens is 2. The lowest BCUT2D eigenvalue weighted by Gasteiger charge is -2.04. The fourth-order valence-electron chi connectivity index (χ4n) is 1.36. The average molecular weight is 218 g/mol. The molecule has 0 saturated heterocycles. The number of nitrogens with zero attached hydrogens (tertiary/aromatic N) is 3. The highest BCUT2D eigenvalue weighted by molar-refractivity contribution is 5.71.